The predicted octanol–water partition coefficient (Wildman–Crippen LogP) is 5.66. The molecule has 0 N–H and O–H groups in total. The summed E-state index contributed by atoms with van der Waals surface area (Å²) in [6.07, 6.45) is 14.0. The molecule has 1 saturated carbocycles. The second-order valence-corrected chi connectivity index (χ2v) is 6.49. The van der Waals surface area contributed by atoms with E-state index in [1.54, 1.807) is 0 Å². The molecule has 1 aromatic carbocycles. The van der Waals surface area contributed by atoms with Gasteiger partial charge in [0.05, 0.1) is 0 Å². The summed E-state index contributed by atoms with van der Waals surface area (Å²) in [4.78, 5) is 8.70. The Labute approximate surface area is 141 Å². The first-order valence-corrected chi connectivity index (χ1v) is 8.56. The SMILES string of the molecule is C/C=C/CC1CCC(c2cnc(-c3ccc(F)c(F)c3)nc2)CC1. The smallest absolute Gasteiger partial charge is 0.159 e. The maximum absolute atomic E-state index is 13.3. The molecule has 2 nitrogen and oxygen atoms in total. The Hall–Kier alpha value is -2.10. The van der Waals surface area contributed by atoms with E-state index < -0.39 is 11.6 Å². The van der Waals surface area contributed by atoms with Crippen LogP contribution in [0.25, 0.3) is 11.4 Å². The molecule has 0 aliphatic heterocycles. The third-order valence-corrected chi connectivity index (χ3v) is 4.87. The molecule has 4 heteroatoms. The Bertz CT molecular complexity index is 702. The van der Waals surface area contributed by atoms with Crippen LogP contribution < -0.4 is 0 Å². The molecular weight excluding hydrogens is 306 g/mol. The zero-order valence-corrected chi connectivity index (χ0v) is 13.9. The van der Waals surface area contributed by atoms with Gasteiger partial charge in [-0.15, -0.1) is 0 Å². The van der Waals surface area contributed by atoms with Crippen molar-refractivity contribution in [2.24, 2.45) is 5.92 Å². The van der Waals surface area contributed by atoms with Crippen molar-refractivity contribution in [1.29, 1.82) is 0 Å². The molecule has 0 radical (unpaired) electrons. The monoisotopic (exact) mass is 328 g/mol. The van der Waals surface area contributed by atoms with Gasteiger partial charge >= 0.3 is 0 Å². The Morgan fingerprint density at radius 2 is 1.75 bits per heavy atom. The van der Waals surface area contributed by atoms with Crippen molar-refractivity contribution in [3.8, 4) is 11.4 Å². The molecule has 2 aromatic rings. The van der Waals surface area contributed by atoms with Crippen LogP contribution in [-0.4, -0.2) is 9.97 Å². The minimum atomic E-state index is -0.875. The molecule has 3 rings (SSSR count). The number of rotatable bonds is 4. The highest BCUT2D eigenvalue weighted by Gasteiger charge is 2.22. The molecule has 126 valence electrons. The first-order chi connectivity index (χ1) is 11.7. The van der Waals surface area contributed by atoms with E-state index in [1.165, 1.54) is 25.3 Å². The van der Waals surface area contributed by atoms with Crippen molar-refractivity contribution < 1.29 is 8.78 Å². The van der Waals surface area contributed by atoms with Gasteiger partial charge in [-0.25, -0.2) is 18.7 Å². The van der Waals surface area contributed by atoms with Crippen LogP contribution in [0.15, 0.2) is 42.7 Å². The number of halogens is 2. The van der Waals surface area contributed by atoms with E-state index in [-0.39, 0.29) is 0 Å². The molecular formula is C20H22F2N2. The summed E-state index contributed by atoms with van der Waals surface area (Å²) in [6, 6.07) is 3.74. The highest BCUT2D eigenvalue weighted by Crippen LogP contribution is 2.37. The number of allylic oxidation sites excluding steroid dienone is 2. The Balaban J connectivity index is 1.66. The summed E-state index contributed by atoms with van der Waals surface area (Å²) in [5.41, 5.74) is 1.64. The fraction of sp³-hybridized carbons (Fsp3) is 0.400. The molecule has 1 aliphatic rings. The van der Waals surface area contributed by atoms with E-state index in [0.29, 0.717) is 17.3 Å². The average Bonchev–Trinajstić information content (AvgIpc) is 2.63. The first-order valence-electron chi connectivity index (χ1n) is 8.56. The van der Waals surface area contributed by atoms with Crippen molar-refractivity contribution in [1.82, 2.24) is 9.97 Å². The van der Waals surface area contributed by atoms with Gasteiger partial charge in [-0.2, -0.15) is 0 Å². The number of hydrogen-bond donors (Lipinski definition) is 0. The minimum Gasteiger partial charge on any atom is -0.236 e. The molecule has 0 amide bonds. The topological polar surface area (TPSA) is 25.8 Å². The molecule has 0 bridgehead atoms. The lowest BCUT2D eigenvalue weighted by Crippen LogP contribution is -2.13. The number of benzene rings is 1. The third kappa shape index (κ3) is 3.86. The Morgan fingerprint density at radius 1 is 1.04 bits per heavy atom. The van der Waals surface area contributed by atoms with Crippen molar-refractivity contribution >= 4 is 0 Å². The first kappa shape index (κ1) is 16.7. The van der Waals surface area contributed by atoms with Gasteiger partial charge in [-0.3, -0.25) is 0 Å². The van der Waals surface area contributed by atoms with Crippen LogP contribution in [0.1, 0.15) is 50.5 Å². The van der Waals surface area contributed by atoms with E-state index in [4.69, 9.17) is 0 Å². The van der Waals surface area contributed by atoms with Crippen LogP contribution >= 0.6 is 0 Å². The van der Waals surface area contributed by atoms with Crippen LogP contribution in [0.5, 0.6) is 0 Å². The largest absolute Gasteiger partial charge is 0.236 e. The van der Waals surface area contributed by atoms with E-state index in [1.807, 2.05) is 12.4 Å². The van der Waals surface area contributed by atoms with Gasteiger partial charge in [0, 0.05) is 18.0 Å². The molecule has 1 fully saturated rings. The second kappa shape index (κ2) is 7.65. The van der Waals surface area contributed by atoms with Gasteiger partial charge in [0.1, 0.15) is 0 Å². The van der Waals surface area contributed by atoms with Crippen molar-refractivity contribution in [3.63, 3.8) is 0 Å². The molecule has 1 heterocycles. The van der Waals surface area contributed by atoms with Gasteiger partial charge in [0.25, 0.3) is 0 Å². The van der Waals surface area contributed by atoms with Gasteiger partial charge in [-0.1, -0.05) is 12.2 Å². The lowest BCUT2D eigenvalue weighted by atomic mass is 9.78. The summed E-state index contributed by atoms with van der Waals surface area (Å²) >= 11 is 0. The summed E-state index contributed by atoms with van der Waals surface area (Å²) in [7, 11) is 0. The summed E-state index contributed by atoms with van der Waals surface area (Å²) in [5.74, 6) is -0.00483. The van der Waals surface area contributed by atoms with Gasteiger partial charge < -0.3 is 0 Å². The van der Waals surface area contributed by atoms with Crippen LogP contribution in [0, 0.1) is 17.6 Å². The third-order valence-electron chi connectivity index (χ3n) is 4.87. The van der Waals surface area contributed by atoms with Crippen LogP contribution in [-0.2, 0) is 0 Å². The van der Waals surface area contributed by atoms with Crippen molar-refractivity contribution in [2.75, 3.05) is 0 Å². The number of aromatic nitrogens is 2. The molecule has 24 heavy (non-hydrogen) atoms. The van der Waals surface area contributed by atoms with E-state index in [2.05, 4.69) is 29.0 Å². The van der Waals surface area contributed by atoms with E-state index >= 15 is 0 Å². The Morgan fingerprint density at radius 3 is 2.38 bits per heavy atom. The zero-order valence-electron chi connectivity index (χ0n) is 13.9. The maximum Gasteiger partial charge on any atom is 0.159 e. The normalized spacial score (nSPS) is 21.3. The van der Waals surface area contributed by atoms with Gasteiger partial charge in [0.2, 0.25) is 0 Å². The molecule has 0 atom stereocenters. The van der Waals surface area contributed by atoms with Gasteiger partial charge in [0.15, 0.2) is 17.5 Å². The van der Waals surface area contributed by atoms with Crippen LogP contribution in [0.4, 0.5) is 8.78 Å². The Kier molecular flexibility index (Phi) is 5.34. The van der Waals surface area contributed by atoms with Gasteiger partial charge in [-0.05, 0) is 74.6 Å². The van der Waals surface area contributed by atoms with Crippen LogP contribution in [0.3, 0.4) is 0 Å². The molecule has 0 spiro atoms. The molecule has 0 saturated heterocycles. The fourth-order valence-electron chi connectivity index (χ4n) is 3.39. The summed E-state index contributed by atoms with van der Waals surface area (Å²) in [6.45, 7) is 2.07. The van der Waals surface area contributed by atoms with Crippen molar-refractivity contribution in [2.45, 2.75) is 44.9 Å². The zero-order chi connectivity index (χ0) is 16.9. The predicted molar refractivity (Wildman–Crippen MR) is 91.5 cm³/mol. The molecule has 1 aromatic heterocycles. The van der Waals surface area contributed by atoms with E-state index in [9.17, 15) is 8.78 Å². The maximum atomic E-state index is 13.3. The summed E-state index contributed by atoms with van der Waals surface area (Å²) in [5, 5.41) is 0. The van der Waals surface area contributed by atoms with Crippen LogP contribution in [0.2, 0.25) is 0 Å². The second-order valence-electron chi connectivity index (χ2n) is 6.49. The standard InChI is InChI=1S/C20H22F2N2/c1-2-3-4-14-5-7-15(8-6-14)17-12-23-20(24-13-17)16-9-10-18(21)19(22)11-16/h2-3,9-15H,4-8H2,1H3/b3-2+. The summed E-state index contributed by atoms with van der Waals surface area (Å²) < 4.78 is 26.3. The fourth-order valence-corrected chi connectivity index (χ4v) is 3.39. The highest BCUT2D eigenvalue weighted by atomic mass is 19.2. The van der Waals surface area contributed by atoms with E-state index in [0.717, 1.165) is 36.5 Å². The minimum absolute atomic E-state index is 0.430. The van der Waals surface area contributed by atoms with Crippen molar-refractivity contribution in [3.05, 3.63) is 59.9 Å². The lowest BCUT2D eigenvalue weighted by molar-refractivity contribution is 0.327. The molecule has 1 aliphatic carbocycles. The average molecular weight is 328 g/mol. The quantitative estimate of drug-likeness (QED) is 0.677. The molecule has 0 unspecified atom stereocenters. The lowest BCUT2D eigenvalue weighted by Gasteiger charge is -2.27. The number of hydrogen-bond acceptors (Lipinski definition) is 2. The highest BCUT2D eigenvalue weighted by molar-refractivity contribution is 5.54. The number of nitrogens with zero attached hydrogens (tertiary/aromatic N) is 2.